The van der Waals surface area contributed by atoms with Crippen LogP contribution < -0.4 is 5.32 Å². The molecule has 2 aromatic rings. The van der Waals surface area contributed by atoms with Crippen molar-refractivity contribution in [2.24, 2.45) is 0 Å². The molecule has 2 aromatic carbocycles. The lowest BCUT2D eigenvalue weighted by Gasteiger charge is -2.12. The van der Waals surface area contributed by atoms with Crippen molar-refractivity contribution in [2.75, 3.05) is 5.32 Å². The fourth-order valence-corrected chi connectivity index (χ4v) is 2.13. The molecule has 1 heterocycles. The van der Waals surface area contributed by atoms with Crippen molar-refractivity contribution in [2.45, 2.75) is 19.3 Å². The van der Waals surface area contributed by atoms with Gasteiger partial charge in [-0.1, -0.05) is 48.5 Å². The summed E-state index contributed by atoms with van der Waals surface area (Å²) in [7, 11) is 0. The van der Waals surface area contributed by atoms with E-state index in [1.165, 1.54) is 16.8 Å². The molecule has 3 rings (SSSR count). The zero-order valence-electron chi connectivity index (χ0n) is 9.60. The Labute approximate surface area is 101 Å². The zero-order chi connectivity index (χ0) is 11.5. The van der Waals surface area contributed by atoms with Gasteiger partial charge in [-0.2, -0.15) is 0 Å². The van der Waals surface area contributed by atoms with E-state index < -0.39 is 0 Å². The molecule has 0 aromatic heterocycles. The maximum Gasteiger partial charge on any atom is 0.132 e. The largest absolute Gasteiger partial charge is 0.360 e. The molecule has 0 spiro atoms. The monoisotopic (exact) mass is 225 g/mol. The second-order valence-corrected chi connectivity index (χ2v) is 4.29. The van der Waals surface area contributed by atoms with E-state index in [2.05, 4.69) is 35.6 Å². The van der Waals surface area contributed by atoms with E-state index in [4.69, 9.17) is 4.74 Å². The first-order valence-electron chi connectivity index (χ1n) is 5.92. The molecule has 0 bridgehead atoms. The predicted octanol–water partition coefficient (Wildman–Crippen LogP) is 3.20. The van der Waals surface area contributed by atoms with E-state index >= 15 is 0 Å². The van der Waals surface area contributed by atoms with Gasteiger partial charge >= 0.3 is 0 Å². The van der Waals surface area contributed by atoms with E-state index in [0.29, 0.717) is 6.61 Å². The first kappa shape index (κ1) is 10.4. The second kappa shape index (κ2) is 4.60. The molecule has 0 amide bonds. The van der Waals surface area contributed by atoms with Crippen molar-refractivity contribution >= 4 is 5.69 Å². The third kappa shape index (κ3) is 2.32. The number of benzene rings is 2. The van der Waals surface area contributed by atoms with Gasteiger partial charge in [0.25, 0.3) is 0 Å². The van der Waals surface area contributed by atoms with Gasteiger partial charge in [0, 0.05) is 12.1 Å². The van der Waals surface area contributed by atoms with E-state index in [-0.39, 0.29) is 6.23 Å². The van der Waals surface area contributed by atoms with Crippen LogP contribution in [0.2, 0.25) is 0 Å². The van der Waals surface area contributed by atoms with Gasteiger partial charge in [0.05, 0.1) is 6.61 Å². The van der Waals surface area contributed by atoms with Gasteiger partial charge in [0.15, 0.2) is 0 Å². The summed E-state index contributed by atoms with van der Waals surface area (Å²) < 4.78 is 5.86. The van der Waals surface area contributed by atoms with Crippen LogP contribution in [0.3, 0.4) is 0 Å². The first-order valence-corrected chi connectivity index (χ1v) is 5.92. The number of nitrogens with one attached hydrogen (secondary N) is 1. The number of hydrogen-bond donors (Lipinski definition) is 1. The highest BCUT2D eigenvalue weighted by molar-refractivity contribution is 5.55. The molecule has 2 nitrogen and oxygen atoms in total. The lowest BCUT2D eigenvalue weighted by Crippen LogP contribution is -2.19. The average molecular weight is 225 g/mol. The van der Waals surface area contributed by atoms with Crippen LogP contribution >= 0.6 is 0 Å². The van der Waals surface area contributed by atoms with Gasteiger partial charge < -0.3 is 10.1 Å². The Hall–Kier alpha value is -1.80. The lowest BCUT2D eigenvalue weighted by atomic mass is 10.2. The number of ether oxygens (including phenoxy) is 1. The summed E-state index contributed by atoms with van der Waals surface area (Å²) in [6.07, 6.45) is 1.05. The average Bonchev–Trinajstić information content (AvgIpc) is 2.80. The maximum atomic E-state index is 5.86. The smallest absolute Gasteiger partial charge is 0.132 e. The number of rotatable bonds is 3. The highest BCUT2D eigenvalue weighted by Crippen LogP contribution is 2.25. The van der Waals surface area contributed by atoms with Gasteiger partial charge in [-0.15, -0.1) is 0 Å². The van der Waals surface area contributed by atoms with E-state index in [9.17, 15) is 0 Å². The zero-order valence-corrected chi connectivity index (χ0v) is 9.60. The molecule has 1 N–H and O–H groups in total. The van der Waals surface area contributed by atoms with E-state index in [1.54, 1.807) is 0 Å². The molecule has 1 atom stereocenters. The Morgan fingerprint density at radius 3 is 2.59 bits per heavy atom. The van der Waals surface area contributed by atoms with Crippen LogP contribution in [0.15, 0.2) is 54.6 Å². The molecular weight excluding hydrogens is 210 g/mol. The van der Waals surface area contributed by atoms with Gasteiger partial charge in [0.1, 0.15) is 6.23 Å². The van der Waals surface area contributed by atoms with Crippen LogP contribution in [0.25, 0.3) is 0 Å². The fourth-order valence-electron chi connectivity index (χ4n) is 2.13. The topological polar surface area (TPSA) is 21.3 Å². The SMILES string of the molecule is c1ccc(COC2Cc3ccccc3N2)cc1. The Morgan fingerprint density at radius 1 is 1.00 bits per heavy atom. The molecular formula is C15H15NO. The molecule has 0 radical (unpaired) electrons. The van der Waals surface area contributed by atoms with Crippen molar-refractivity contribution in [1.29, 1.82) is 0 Å². The van der Waals surface area contributed by atoms with Crippen molar-refractivity contribution in [3.8, 4) is 0 Å². The summed E-state index contributed by atoms with van der Waals surface area (Å²) in [6.45, 7) is 0.659. The number of anilines is 1. The van der Waals surface area contributed by atoms with Crippen LogP contribution in [-0.2, 0) is 17.8 Å². The molecule has 0 saturated carbocycles. The summed E-state index contributed by atoms with van der Waals surface area (Å²) in [5.74, 6) is 0. The number of para-hydroxylation sites is 1. The Balaban J connectivity index is 1.59. The van der Waals surface area contributed by atoms with Crippen LogP contribution in [0.4, 0.5) is 5.69 Å². The highest BCUT2D eigenvalue weighted by atomic mass is 16.5. The molecule has 86 valence electrons. The van der Waals surface area contributed by atoms with Crippen molar-refractivity contribution < 1.29 is 4.74 Å². The summed E-state index contributed by atoms with van der Waals surface area (Å²) in [5, 5.41) is 3.38. The minimum absolute atomic E-state index is 0.104. The first-order chi connectivity index (χ1) is 8.42. The van der Waals surface area contributed by atoms with Gasteiger partial charge in [-0.3, -0.25) is 0 Å². The molecule has 1 aliphatic heterocycles. The molecule has 17 heavy (non-hydrogen) atoms. The predicted molar refractivity (Wildman–Crippen MR) is 68.8 cm³/mol. The summed E-state index contributed by atoms with van der Waals surface area (Å²) in [4.78, 5) is 0. The van der Waals surface area contributed by atoms with Crippen LogP contribution in [0.5, 0.6) is 0 Å². The van der Waals surface area contributed by atoms with Gasteiger partial charge in [0.2, 0.25) is 0 Å². The quantitative estimate of drug-likeness (QED) is 0.866. The lowest BCUT2D eigenvalue weighted by molar-refractivity contribution is 0.0641. The highest BCUT2D eigenvalue weighted by Gasteiger charge is 2.19. The second-order valence-electron chi connectivity index (χ2n) is 4.29. The summed E-state index contributed by atoms with van der Waals surface area (Å²) in [5.41, 5.74) is 3.75. The molecule has 0 fully saturated rings. The Bertz CT molecular complexity index is 470. The fraction of sp³-hybridized carbons (Fsp3) is 0.200. The van der Waals surface area contributed by atoms with Crippen molar-refractivity contribution in [1.82, 2.24) is 0 Å². The number of fused-ring (bicyclic) bond motifs is 1. The normalized spacial score (nSPS) is 17.5. The third-order valence-corrected chi connectivity index (χ3v) is 3.03. The molecule has 1 unspecified atom stereocenters. The minimum Gasteiger partial charge on any atom is -0.360 e. The van der Waals surface area contributed by atoms with Gasteiger partial charge in [-0.05, 0) is 17.2 Å². The minimum atomic E-state index is 0.104. The molecule has 1 aliphatic rings. The van der Waals surface area contributed by atoms with E-state index in [1.807, 2.05) is 24.3 Å². The Kier molecular flexibility index (Phi) is 2.80. The summed E-state index contributed by atoms with van der Waals surface area (Å²) >= 11 is 0. The van der Waals surface area contributed by atoms with Crippen LogP contribution in [0.1, 0.15) is 11.1 Å². The van der Waals surface area contributed by atoms with Crippen LogP contribution in [0, 0.1) is 0 Å². The molecule has 2 heteroatoms. The van der Waals surface area contributed by atoms with E-state index in [0.717, 1.165) is 6.42 Å². The summed E-state index contributed by atoms with van der Waals surface area (Å²) in [6, 6.07) is 18.6. The molecule has 0 aliphatic carbocycles. The molecule has 0 saturated heterocycles. The van der Waals surface area contributed by atoms with Crippen molar-refractivity contribution in [3.63, 3.8) is 0 Å². The van der Waals surface area contributed by atoms with Gasteiger partial charge in [-0.25, -0.2) is 0 Å². The standard InChI is InChI=1S/C15H15NO/c1-2-6-12(7-3-1)11-17-15-10-13-8-4-5-9-14(13)16-15/h1-9,15-16H,10-11H2. The third-order valence-electron chi connectivity index (χ3n) is 3.03. The maximum absolute atomic E-state index is 5.86. The van der Waals surface area contributed by atoms with Crippen molar-refractivity contribution in [3.05, 3.63) is 65.7 Å². The number of hydrogen-bond acceptors (Lipinski definition) is 2. The van der Waals surface area contributed by atoms with Crippen LogP contribution in [-0.4, -0.2) is 6.23 Å². The Morgan fingerprint density at radius 2 is 1.76 bits per heavy atom.